The zero-order chi connectivity index (χ0) is 14.8. The van der Waals surface area contributed by atoms with Gasteiger partial charge < -0.3 is 5.32 Å². The smallest absolute Gasteiger partial charge is 0.0493 e. The van der Waals surface area contributed by atoms with Gasteiger partial charge in [0.15, 0.2) is 0 Å². The highest BCUT2D eigenvalue weighted by atomic mass is 35.5. The zero-order valence-electron chi connectivity index (χ0n) is 12.0. The molecule has 21 heavy (non-hydrogen) atoms. The van der Waals surface area contributed by atoms with Crippen LogP contribution < -0.4 is 5.32 Å². The molecule has 0 aliphatic heterocycles. The van der Waals surface area contributed by atoms with Crippen LogP contribution >= 0.6 is 22.9 Å². The van der Waals surface area contributed by atoms with Crippen molar-refractivity contribution in [3.63, 3.8) is 0 Å². The fourth-order valence-corrected chi connectivity index (χ4v) is 2.99. The third kappa shape index (κ3) is 3.12. The molecule has 2 aromatic carbocycles. The summed E-state index contributed by atoms with van der Waals surface area (Å²) in [5.41, 5.74) is 7.18. The summed E-state index contributed by atoms with van der Waals surface area (Å²) >= 11 is 7.69. The van der Waals surface area contributed by atoms with Crippen LogP contribution in [0.15, 0.2) is 53.2 Å². The van der Waals surface area contributed by atoms with E-state index in [9.17, 15) is 0 Å². The van der Waals surface area contributed by atoms with Crippen LogP contribution in [0.3, 0.4) is 0 Å². The van der Waals surface area contributed by atoms with Crippen LogP contribution in [0.2, 0.25) is 5.02 Å². The molecule has 0 bridgehead atoms. The normalized spacial score (nSPS) is 10.6. The summed E-state index contributed by atoms with van der Waals surface area (Å²) in [6, 6.07) is 14.5. The van der Waals surface area contributed by atoms with E-state index < -0.39 is 0 Å². The molecule has 3 rings (SSSR count). The third-order valence-electron chi connectivity index (χ3n) is 3.59. The largest absolute Gasteiger partial charge is 0.354 e. The molecule has 0 aliphatic carbocycles. The van der Waals surface area contributed by atoms with Gasteiger partial charge in [-0.25, -0.2) is 0 Å². The van der Waals surface area contributed by atoms with E-state index in [4.69, 9.17) is 11.6 Å². The van der Waals surface area contributed by atoms with Crippen molar-refractivity contribution in [2.45, 2.75) is 13.8 Å². The summed E-state index contributed by atoms with van der Waals surface area (Å²) in [4.78, 5) is 0. The van der Waals surface area contributed by atoms with Crippen molar-refractivity contribution in [2.75, 3.05) is 5.32 Å². The summed E-state index contributed by atoms with van der Waals surface area (Å²) in [5, 5.41) is 8.46. The van der Waals surface area contributed by atoms with Crippen molar-refractivity contribution >= 4 is 34.3 Å². The molecule has 0 saturated heterocycles. The number of hydrogen-bond acceptors (Lipinski definition) is 2. The molecule has 3 heteroatoms. The summed E-state index contributed by atoms with van der Waals surface area (Å²) in [7, 11) is 0. The first-order chi connectivity index (χ1) is 10.1. The average molecular weight is 314 g/mol. The van der Waals surface area contributed by atoms with E-state index in [1.807, 2.05) is 12.1 Å². The molecule has 0 aliphatic rings. The van der Waals surface area contributed by atoms with E-state index in [2.05, 4.69) is 60.3 Å². The molecule has 0 saturated carbocycles. The highest BCUT2D eigenvalue weighted by Crippen LogP contribution is 2.34. The quantitative estimate of drug-likeness (QED) is 0.587. The molecule has 0 atom stereocenters. The first-order valence-electron chi connectivity index (χ1n) is 6.80. The monoisotopic (exact) mass is 313 g/mol. The number of nitrogens with one attached hydrogen (secondary N) is 1. The highest BCUT2D eigenvalue weighted by Gasteiger charge is 2.08. The van der Waals surface area contributed by atoms with Gasteiger partial charge in [0, 0.05) is 27.3 Å². The Labute approximate surface area is 134 Å². The van der Waals surface area contributed by atoms with Crippen molar-refractivity contribution in [1.29, 1.82) is 0 Å². The van der Waals surface area contributed by atoms with Gasteiger partial charge in [-0.3, -0.25) is 0 Å². The second-order valence-electron chi connectivity index (χ2n) is 5.13. The number of halogens is 1. The number of aryl methyl sites for hydroxylation is 2. The van der Waals surface area contributed by atoms with Gasteiger partial charge in [0.05, 0.1) is 0 Å². The Bertz CT molecular complexity index is 746. The number of anilines is 2. The van der Waals surface area contributed by atoms with Gasteiger partial charge in [0.25, 0.3) is 0 Å². The number of thiophene rings is 1. The van der Waals surface area contributed by atoms with Crippen LogP contribution in [0, 0.1) is 13.8 Å². The Kier molecular flexibility index (Phi) is 4.00. The van der Waals surface area contributed by atoms with Gasteiger partial charge in [0.1, 0.15) is 0 Å². The molecular formula is C18H16ClNS. The minimum Gasteiger partial charge on any atom is -0.354 e. The second kappa shape index (κ2) is 5.92. The maximum atomic E-state index is 6.00. The Morgan fingerprint density at radius 1 is 0.952 bits per heavy atom. The Balaban J connectivity index is 2.09. The van der Waals surface area contributed by atoms with Crippen LogP contribution in [0.5, 0.6) is 0 Å². The molecular weight excluding hydrogens is 298 g/mol. The lowest BCUT2D eigenvalue weighted by atomic mass is 9.98. The number of benzene rings is 2. The molecule has 1 aromatic heterocycles. The van der Waals surface area contributed by atoms with Crippen LogP contribution in [0.1, 0.15) is 11.1 Å². The van der Waals surface area contributed by atoms with Crippen LogP contribution in [-0.2, 0) is 0 Å². The van der Waals surface area contributed by atoms with Crippen molar-refractivity contribution in [1.82, 2.24) is 0 Å². The van der Waals surface area contributed by atoms with Crippen molar-refractivity contribution < 1.29 is 0 Å². The predicted molar refractivity (Wildman–Crippen MR) is 94.0 cm³/mol. The number of hydrogen-bond donors (Lipinski definition) is 1. The Morgan fingerprint density at radius 3 is 2.33 bits per heavy atom. The van der Waals surface area contributed by atoms with Gasteiger partial charge in [-0.05, 0) is 66.2 Å². The maximum absolute atomic E-state index is 6.00. The number of rotatable bonds is 3. The van der Waals surface area contributed by atoms with Gasteiger partial charge in [-0.2, -0.15) is 11.3 Å². The average Bonchev–Trinajstić information content (AvgIpc) is 2.97. The predicted octanol–water partition coefficient (Wildman–Crippen LogP) is 6.43. The second-order valence-corrected chi connectivity index (χ2v) is 6.34. The summed E-state index contributed by atoms with van der Waals surface area (Å²) in [5.74, 6) is 0. The van der Waals surface area contributed by atoms with Crippen molar-refractivity contribution in [2.24, 2.45) is 0 Å². The molecule has 1 nitrogen and oxygen atoms in total. The molecule has 106 valence electrons. The maximum Gasteiger partial charge on any atom is 0.0493 e. The molecule has 0 amide bonds. The van der Waals surface area contributed by atoms with E-state index in [0.717, 1.165) is 16.4 Å². The molecule has 0 unspecified atom stereocenters. The highest BCUT2D eigenvalue weighted by molar-refractivity contribution is 7.08. The van der Waals surface area contributed by atoms with Crippen molar-refractivity contribution in [3.8, 4) is 11.1 Å². The van der Waals surface area contributed by atoms with Gasteiger partial charge in [0.2, 0.25) is 0 Å². The molecule has 0 fully saturated rings. The lowest BCUT2D eigenvalue weighted by Gasteiger charge is -2.14. The fraction of sp³-hybridized carbons (Fsp3) is 0.111. The summed E-state index contributed by atoms with van der Waals surface area (Å²) < 4.78 is 0. The molecule has 1 N–H and O–H groups in total. The zero-order valence-corrected chi connectivity index (χ0v) is 13.6. The Morgan fingerprint density at radius 2 is 1.67 bits per heavy atom. The minimum absolute atomic E-state index is 0.759. The van der Waals surface area contributed by atoms with E-state index >= 15 is 0 Å². The van der Waals surface area contributed by atoms with Gasteiger partial charge >= 0.3 is 0 Å². The molecule has 0 radical (unpaired) electrons. The summed E-state index contributed by atoms with van der Waals surface area (Å²) in [6.45, 7) is 4.28. The first-order valence-corrected chi connectivity index (χ1v) is 8.12. The first kappa shape index (κ1) is 14.2. The van der Waals surface area contributed by atoms with Crippen molar-refractivity contribution in [3.05, 3.63) is 69.4 Å². The molecule has 3 aromatic rings. The van der Waals surface area contributed by atoms with Crippen LogP contribution in [0.25, 0.3) is 11.1 Å². The van der Waals surface area contributed by atoms with Crippen LogP contribution in [0.4, 0.5) is 11.4 Å². The minimum atomic E-state index is 0.759. The van der Waals surface area contributed by atoms with E-state index in [0.29, 0.717) is 0 Å². The lowest BCUT2D eigenvalue weighted by molar-refractivity contribution is 1.34. The third-order valence-corrected chi connectivity index (χ3v) is 4.52. The SMILES string of the molecule is Cc1cc(Nc2ccsc2)c(-c2ccc(Cl)cc2)cc1C. The Hall–Kier alpha value is -1.77. The molecule has 1 heterocycles. The lowest BCUT2D eigenvalue weighted by Crippen LogP contribution is -1.95. The standard InChI is InChI=1S/C18H16ClNS/c1-12-9-17(14-3-5-15(19)6-4-14)18(10-13(12)2)20-16-7-8-21-11-16/h3-11,20H,1-2H3. The molecule has 0 spiro atoms. The van der Waals surface area contributed by atoms with Gasteiger partial charge in [-0.1, -0.05) is 23.7 Å². The van der Waals surface area contributed by atoms with E-state index in [1.54, 1.807) is 11.3 Å². The van der Waals surface area contributed by atoms with E-state index in [1.165, 1.54) is 22.3 Å². The topological polar surface area (TPSA) is 12.0 Å². The summed E-state index contributed by atoms with van der Waals surface area (Å²) in [6.07, 6.45) is 0. The van der Waals surface area contributed by atoms with Crippen LogP contribution in [-0.4, -0.2) is 0 Å². The van der Waals surface area contributed by atoms with Gasteiger partial charge in [-0.15, -0.1) is 0 Å². The van der Waals surface area contributed by atoms with E-state index in [-0.39, 0.29) is 0 Å². The fourth-order valence-electron chi connectivity index (χ4n) is 2.28.